The van der Waals surface area contributed by atoms with Gasteiger partial charge in [-0.3, -0.25) is 0 Å². The Hall–Kier alpha value is -0.203. The number of hydrogen-bond acceptors (Lipinski definition) is 3. The van der Waals surface area contributed by atoms with E-state index in [1.807, 2.05) is 18.2 Å². The average Bonchev–Trinajstić information content (AvgIpc) is 2.47. The molecule has 23 heavy (non-hydrogen) atoms. The van der Waals surface area contributed by atoms with Gasteiger partial charge in [0.1, 0.15) is 0 Å². The lowest BCUT2D eigenvalue weighted by Crippen LogP contribution is -2.58. The highest BCUT2D eigenvalue weighted by Gasteiger charge is 2.46. The van der Waals surface area contributed by atoms with E-state index in [4.69, 9.17) is 13.3 Å². The molecule has 0 aromatic heterocycles. The van der Waals surface area contributed by atoms with Crippen molar-refractivity contribution in [2.24, 2.45) is 17.8 Å². The molecule has 0 heterocycles. The zero-order valence-electron chi connectivity index (χ0n) is 15.3. The molecule has 1 aromatic rings. The molecule has 3 nitrogen and oxygen atoms in total. The van der Waals surface area contributed by atoms with Gasteiger partial charge >= 0.3 is 8.80 Å². The molecule has 0 aliphatic rings. The van der Waals surface area contributed by atoms with Crippen molar-refractivity contribution in [3.8, 4) is 0 Å². The second kappa shape index (κ2) is 9.94. The van der Waals surface area contributed by atoms with Crippen LogP contribution in [0.3, 0.4) is 0 Å². The van der Waals surface area contributed by atoms with E-state index in [-0.39, 0.29) is 0 Å². The fourth-order valence-electron chi connectivity index (χ4n) is 1.90. The van der Waals surface area contributed by atoms with Crippen LogP contribution in [0.25, 0.3) is 0 Å². The molecule has 0 aliphatic carbocycles. The summed E-state index contributed by atoms with van der Waals surface area (Å²) in [7, 11) is -2.95. The predicted octanol–water partition coefficient (Wildman–Crippen LogP) is 4.61. The molecule has 0 saturated heterocycles. The minimum Gasteiger partial charge on any atom is -0.370 e. The normalized spacial score (nSPS) is 12.6. The summed E-state index contributed by atoms with van der Waals surface area (Å²) in [5.74, 6) is 1.28. The van der Waals surface area contributed by atoms with Crippen molar-refractivity contribution in [2.75, 3.05) is 19.8 Å². The standard InChI is InChI=1S/C18H31BrO3Si/c1-14(2)11-20-23(21-12-15(3)4,22-13-16(5)6)18-10-8-7-9-17(18)19/h7-10,14-16H,11-13H2,1-6H3. The molecule has 0 bridgehead atoms. The van der Waals surface area contributed by atoms with Crippen molar-refractivity contribution in [3.63, 3.8) is 0 Å². The Balaban J connectivity index is 3.16. The summed E-state index contributed by atoms with van der Waals surface area (Å²) in [4.78, 5) is 0. The average molecular weight is 403 g/mol. The summed E-state index contributed by atoms with van der Waals surface area (Å²) in [6, 6.07) is 8.09. The maximum Gasteiger partial charge on any atom is 0.538 e. The van der Waals surface area contributed by atoms with Crippen molar-refractivity contribution in [1.29, 1.82) is 0 Å². The number of halogens is 1. The molecule has 0 spiro atoms. The van der Waals surface area contributed by atoms with E-state index < -0.39 is 8.80 Å². The zero-order chi connectivity index (χ0) is 17.5. The third-order valence-corrected chi connectivity index (χ3v) is 6.82. The van der Waals surface area contributed by atoms with Crippen LogP contribution in [0.1, 0.15) is 41.5 Å². The monoisotopic (exact) mass is 402 g/mol. The van der Waals surface area contributed by atoms with Crippen LogP contribution < -0.4 is 5.19 Å². The molecule has 0 N–H and O–H groups in total. The van der Waals surface area contributed by atoms with E-state index in [9.17, 15) is 0 Å². The smallest absolute Gasteiger partial charge is 0.370 e. The zero-order valence-corrected chi connectivity index (χ0v) is 17.9. The molecule has 132 valence electrons. The highest BCUT2D eigenvalue weighted by molar-refractivity contribution is 9.10. The van der Waals surface area contributed by atoms with Gasteiger partial charge in [-0.15, -0.1) is 0 Å². The third kappa shape index (κ3) is 7.06. The van der Waals surface area contributed by atoms with Gasteiger partial charge < -0.3 is 13.3 Å². The second-order valence-corrected chi connectivity index (χ2v) is 10.5. The van der Waals surface area contributed by atoms with Crippen LogP contribution in [-0.2, 0) is 13.3 Å². The summed E-state index contributed by atoms with van der Waals surface area (Å²) in [6.45, 7) is 14.7. The van der Waals surface area contributed by atoms with Crippen molar-refractivity contribution >= 4 is 29.9 Å². The summed E-state index contributed by atoms with van der Waals surface area (Å²) in [6.07, 6.45) is 0. The summed E-state index contributed by atoms with van der Waals surface area (Å²) < 4.78 is 20.0. The fourth-order valence-corrected chi connectivity index (χ4v) is 5.96. The van der Waals surface area contributed by atoms with Gasteiger partial charge in [-0.1, -0.05) is 75.7 Å². The van der Waals surface area contributed by atoms with E-state index in [1.54, 1.807) is 0 Å². The van der Waals surface area contributed by atoms with Gasteiger partial charge in [-0.05, 0) is 23.8 Å². The first-order chi connectivity index (χ1) is 10.8. The van der Waals surface area contributed by atoms with Crippen molar-refractivity contribution in [3.05, 3.63) is 28.7 Å². The van der Waals surface area contributed by atoms with Gasteiger partial charge in [0.2, 0.25) is 0 Å². The molecule has 0 fully saturated rings. The van der Waals surface area contributed by atoms with Gasteiger partial charge in [-0.25, -0.2) is 0 Å². The highest BCUT2D eigenvalue weighted by atomic mass is 79.9. The molecular formula is C18H31BrO3Si. The lowest BCUT2D eigenvalue weighted by Gasteiger charge is -2.32. The first-order valence-corrected chi connectivity index (χ1v) is 11.0. The minimum atomic E-state index is -2.95. The van der Waals surface area contributed by atoms with Crippen LogP contribution in [0.5, 0.6) is 0 Å². The Kier molecular flexibility index (Phi) is 9.01. The molecule has 0 unspecified atom stereocenters. The van der Waals surface area contributed by atoms with E-state index in [1.165, 1.54) is 0 Å². The van der Waals surface area contributed by atoms with E-state index in [0.717, 1.165) is 9.66 Å². The quantitative estimate of drug-likeness (QED) is 0.534. The van der Waals surface area contributed by atoms with Crippen molar-refractivity contribution < 1.29 is 13.3 Å². The number of benzene rings is 1. The van der Waals surface area contributed by atoms with Crippen LogP contribution in [-0.4, -0.2) is 28.6 Å². The van der Waals surface area contributed by atoms with Crippen LogP contribution in [0, 0.1) is 17.8 Å². The van der Waals surface area contributed by atoms with Crippen LogP contribution in [0.4, 0.5) is 0 Å². The minimum absolute atomic E-state index is 0.426. The van der Waals surface area contributed by atoms with Gasteiger partial charge in [0, 0.05) is 29.5 Å². The summed E-state index contributed by atoms with van der Waals surface area (Å²) in [5.41, 5.74) is 0. The Morgan fingerprint density at radius 1 is 0.783 bits per heavy atom. The molecule has 0 aliphatic heterocycles. The first-order valence-electron chi connectivity index (χ1n) is 8.43. The highest BCUT2D eigenvalue weighted by Crippen LogP contribution is 2.20. The third-order valence-electron chi connectivity index (χ3n) is 3.02. The largest absolute Gasteiger partial charge is 0.538 e. The van der Waals surface area contributed by atoms with E-state index in [0.29, 0.717) is 37.6 Å². The lowest BCUT2D eigenvalue weighted by molar-refractivity contribution is 0.0493. The molecule has 0 saturated carbocycles. The van der Waals surface area contributed by atoms with Gasteiger partial charge in [-0.2, -0.15) is 0 Å². The van der Waals surface area contributed by atoms with E-state index >= 15 is 0 Å². The summed E-state index contributed by atoms with van der Waals surface area (Å²) >= 11 is 3.65. The molecule has 5 heteroatoms. The number of hydrogen-bond donors (Lipinski definition) is 0. The fraction of sp³-hybridized carbons (Fsp3) is 0.667. The molecule has 0 atom stereocenters. The Labute approximate surface area is 151 Å². The summed E-state index contributed by atoms with van der Waals surface area (Å²) in [5, 5.41) is 1.02. The van der Waals surface area contributed by atoms with Crippen LogP contribution >= 0.6 is 15.9 Å². The Morgan fingerprint density at radius 3 is 1.52 bits per heavy atom. The van der Waals surface area contributed by atoms with Gasteiger partial charge in [0.25, 0.3) is 0 Å². The van der Waals surface area contributed by atoms with Crippen LogP contribution in [0.15, 0.2) is 28.7 Å². The second-order valence-electron chi connectivity index (χ2n) is 7.15. The SMILES string of the molecule is CC(C)CO[Si](OCC(C)C)(OCC(C)C)c1ccccc1Br. The maximum atomic E-state index is 6.32. The molecule has 0 amide bonds. The molecule has 1 aromatic carbocycles. The van der Waals surface area contributed by atoms with Crippen LogP contribution in [0.2, 0.25) is 0 Å². The lowest BCUT2D eigenvalue weighted by atomic mass is 10.2. The molecule has 0 radical (unpaired) electrons. The van der Waals surface area contributed by atoms with Gasteiger partial charge in [0.15, 0.2) is 0 Å². The molecular weight excluding hydrogens is 372 g/mol. The van der Waals surface area contributed by atoms with Crippen molar-refractivity contribution in [2.45, 2.75) is 41.5 Å². The molecule has 1 rings (SSSR count). The Morgan fingerprint density at radius 2 is 1.17 bits per heavy atom. The maximum absolute atomic E-state index is 6.32. The Bertz CT molecular complexity index is 432. The van der Waals surface area contributed by atoms with Crippen molar-refractivity contribution in [1.82, 2.24) is 0 Å². The first kappa shape index (κ1) is 20.8. The topological polar surface area (TPSA) is 27.7 Å². The van der Waals surface area contributed by atoms with E-state index in [2.05, 4.69) is 63.5 Å². The number of rotatable bonds is 10. The van der Waals surface area contributed by atoms with Gasteiger partial charge in [0.05, 0.1) is 0 Å². The predicted molar refractivity (Wildman–Crippen MR) is 102 cm³/mol.